The first-order chi connectivity index (χ1) is 16.2. The van der Waals surface area contributed by atoms with Crippen molar-refractivity contribution in [1.29, 1.82) is 0 Å². The quantitative estimate of drug-likeness (QED) is 0.283. The molecule has 3 rings (SSSR count). The number of amides is 2. The minimum atomic E-state index is -0.663. The lowest BCUT2D eigenvalue weighted by atomic mass is 10.1. The number of ether oxygens (including phenoxy) is 3. The number of benzene rings is 2. The number of carbonyl (C=O) groups is 4. The van der Waals surface area contributed by atoms with Crippen molar-refractivity contribution in [2.75, 3.05) is 13.2 Å². The molecular weight excluding hydrogens is 482 g/mol. The van der Waals surface area contributed by atoms with Gasteiger partial charge in [-0.15, -0.1) is 0 Å². The Kier molecular flexibility index (Phi) is 8.36. The third-order valence-corrected chi connectivity index (χ3v) is 5.54. The number of nitrogens with zero attached hydrogens (tertiary/aromatic N) is 1. The van der Waals surface area contributed by atoms with Gasteiger partial charge in [-0.3, -0.25) is 19.3 Å². The van der Waals surface area contributed by atoms with E-state index >= 15 is 0 Å². The van der Waals surface area contributed by atoms with Crippen molar-refractivity contribution in [2.45, 2.75) is 26.9 Å². The zero-order valence-electron chi connectivity index (χ0n) is 18.7. The van der Waals surface area contributed by atoms with Gasteiger partial charge in [0, 0.05) is 5.02 Å². The Labute approximate surface area is 205 Å². The maximum absolute atomic E-state index is 12.6. The molecule has 10 heteroatoms. The Balaban J connectivity index is 1.78. The summed E-state index contributed by atoms with van der Waals surface area (Å²) in [5.74, 6) is -1.35. The highest BCUT2D eigenvalue weighted by molar-refractivity contribution is 8.18. The SMILES string of the molecule is CCOc1cc(/C=C2\SC(=O)N(CC(=O)OC(C)C)C2=O)ccc1OC(=O)c1ccc(Cl)cc1. The van der Waals surface area contributed by atoms with Gasteiger partial charge in [-0.25, -0.2) is 4.79 Å². The molecule has 0 aromatic heterocycles. The Morgan fingerprint density at radius 2 is 1.79 bits per heavy atom. The molecule has 0 atom stereocenters. The van der Waals surface area contributed by atoms with Crippen LogP contribution in [-0.2, 0) is 14.3 Å². The van der Waals surface area contributed by atoms with Crippen LogP contribution in [0.4, 0.5) is 4.79 Å². The third-order valence-electron chi connectivity index (χ3n) is 4.38. The van der Waals surface area contributed by atoms with Crippen LogP contribution in [0.2, 0.25) is 5.02 Å². The van der Waals surface area contributed by atoms with Crippen LogP contribution >= 0.6 is 23.4 Å². The summed E-state index contributed by atoms with van der Waals surface area (Å²) in [5, 5.41) is -0.0624. The highest BCUT2D eigenvalue weighted by atomic mass is 35.5. The van der Waals surface area contributed by atoms with Crippen molar-refractivity contribution in [1.82, 2.24) is 4.90 Å². The number of esters is 2. The normalized spacial score (nSPS) is 14.6. The van der Waals surface area contributed by atoms with Gasteiger partial charge in [0.2, 0.25) is 0 Å². The molecule has 0 radical (unpaired) electrons. The third kappa shape index (κ3) is 6.39. The number of rotatable bonds is 8. The fourth-order valence-corrected chi connectivity index (χ4v) is 3.89. The monoisotopic (exact) mass is 503 g/mol. The molecule has 34 heavy (non-hydrogen) atoms. The van der Waals surface area contributed by atoms with Crippen molar-refractivity contribution in [2.24, 2.45) is 0 Å². The molecule has 1 aliphatic rings. The van der Waals surface area contributed by atoms with Crippen molar-refractivity contribution < 1.29 is 33.4 Å². The summed E-state index contributed by atoms with van der Waals surface area (Å²) < 4.78 is 16.1. The van der Waals surface area contributed by atoms with Gasteiger partial charge in [0.05, 0.1) is 23.2 Å². The van der Waals surface area contributed by atoms with E-state index < -0.39 is 29.6 Å². The predicted molar refractivity (Wildman–Crippen MR) is 128 cm³/mol. The van der Waals surface area contributed by atoms with Gasteiger partial charge in [-0.1, -0.05) is 17.7 Å². The maximum Gasteiger partial charge on any atom is 0.343 e. The molecule has 0 aliphatic carbocycles. The molecule has 8 nitrogen and oxygen atoms in total. The molecule has 0 unspecified atom stereocenters. The highest BCUT2D eigenvalue weighted by Crippen LogP contribution is 2.35. The number of imide groups is 1. The van der Waals surface area contributed by atoms with Crippen LogP contribution in [0.5, 0.6) is 11.5 Å². The molecule has 1 heterocycles. The molecule has 0 spiro atoms. The van der Waals surface area contributed by atoms with E-state index in [0.29, 0.717) is 28.5 Å². The molecule has 0 saturated carbocycles. The second kappa shape index (κ2) is 11.2. The lowest BCUT2D eigenvalue weighted by molar-refractivity contribution is -0.149. The van der Waals surface area contributed by atoms with Crippen LogP contribution in [0.3, 0.4) is 0 Å². The number of hydrogen-bond acceptors (Lipinski definition) is 8. The largest absolute Gasteiger partial charge is 0.490 e. The van der Waals surface area contributed by atoms with Gasteiger partial charge in [-0.2, -0.15) is 0 Å². The highest BCUT2D eigenvalue weighted by Gasteiger charge is 2.36. The van der Waals surface area contributed by atoms with Gasteiger partial charge in [0.25, 0.3) is 11.1 Å². The van der Waals surface area contributed by atoms with Crippen molar-refractivity contribution >= 4 is 52.5 Å². The standard InChI is InChI=1S/C24H22ClNO7S/c1-4-31-19-11-15(5-10-18(19)33-23(29)16-6-8-17(25)9-7-16)12-20-22(28)26(24(30)34-20)13-21(27)32-14(2)3/h5-12,14H,4,13H2,1-3H3/b20-12-. The van der Waals surface area contributed by atoms with Crippen molar-refractivity contribution in [3.63, 3.8) is 0 Å². The van der Waals surface area contributed by atoms with Crippen molar-refractivity contribution in [3.05, 3.63) is 63.5 Å². The molecule has 0 N–H and O–H groups in total. The summed E-state index contributed by atoms with van der Waals surface area (Å²) in [7, 11) is 0. The second-order valence-corrected chi connectivity index (χ2v) is 8.77. The van der Waals surface area contributed by atoms with Gasteiger partial charge >= 0.3 is 11.9 Å². The lowest BCUT2D eigenvalue weighted by Gasteiger charge is -2.13. The van der Waals surface area contributed by atoms with Gasteiger partial charge in [0.15, 0.2) is 11.5 Å². The smallest absolute Gasteiger partial charge is 0.343 e. The Morgan fingerprint density at radius 3 is 2.44 bits per heavy atom. The predicted octanol–water partition coefficient (Wildman–Crippen LogP) is 4.95. The Hall–Kier alpha value is -3.30. The lowest BCUT2D eigenvalue weighted by Crippen LogP contribution is -2.35. The molecule has 0 bridgehead atoms. The fourth-order valence-electron chi connectivity index (χ4n) is 2.93. The van der Waals surface area contributed by atoms with Crippen LogP contribution in [0.25, 0.3) is 6.08 Å². The first kappa shape index (κ1) is 25.3. The average Bonchev–Trinajstić information content (AvgIpc) is 3.03. The van der Waals surface area contributed by atoms with E-state index in [4.69, 9.17) is 25.8 Å². The summed E-state index contributed by atoms with van der Waals surface area (Å²) in [6.07, 6.45) is 1.15. The molecule has 178 valence electrons. The van der Waals surface area contributed by atoms with Gasteiger partial charge in [0.1, 0.15) is 6.54 Å². The molecule has 1 saturated heterocycles. The van der Waals surface area contributed by atoms with Crippen LogP contribution in [-0.4, -0.2) is 47.2 Å². The summed E-state index contributed by atoms with van der Waals surface area (Å²) in [5.41, 5.74) is 0.866. The van der Waals surface area contributed by atoms with Gasteiger partial charge < -0.3 is 14.2 Å². The maximum atomic E-state index is 12.6. The van der Waals surface area contributed by atoms with E-state index in [0.717, 1.165) is 16.7 Å². The van der Waals surface area contributed by atoms with Gasteiger partial charge in [-0.05, 0) is 80.6 Å². The molecule has 2 aromatic carbocycles. The average molecular weight is 504 g/mol. The minimum absolute atomic E-state index is 0.149. The Bertz CT molecular complexity index is 1140. The van der Waals surface area contributed by atoms with E-state index in [1.54, 1.807) is 57.2 Å². The van der Waals surface area contributed by atoms with E-state index in [1.165, 1.54) is 12.1 Å². The number of carbonyl (C=O) groups excluding carboxylic acids is 4. The Morgan fingerprint density at radius 1 is 1.09 bits per heavy atom. The molecule has 2 aromatic rings. The summed E-state index contributed by atoms with van der Waals surface area (Å²) in [6.45, 7) is 4.99. The molecule has 1 fully saturated rings. The minimum Gasteiger partial charge on any atom is -0.490 e. The second-order valence-electron chi connectivity index (χ2n) is 7.34. The first-order valence-electron chi connectivity index (χ1n) is 10.4. The number of hydrogen-bond donors (Lipinski definition) is 0. The summed E-state index contributed by atoms with van der Waals surface area (Å²) >= 11 is 6.58. The van der Waals surface area contributed by atoms with E-state index in [9.17, 15) is 19.2 Å². The van der Waals surface area contributed by atoms with Crippen LogP contribution in [0, 0.1) is 0 Å². The number of thioether (sulfide) groups is 1. The molecular formula is C24H22ClNO7S. The van der Waals surface area contributed by atoms with E-state index in [1.807, 2.05) is 0 Å². The topological polar surface area (TPSA) is 99.2 Å². The fraction of sp³-hybridized carbons (Fsp3) is 0.250. The first-order valence-corrected chi connectivity index (χ1v) is 11.6. The zero-order valence-corrected chi connectivity index (χ0v) is 20.3. The number of halogens is 1. The summed E-state index contributed by atoms with van der Waals surface area (Å²) in [4.78, 5) is 50.2. The van der Waals surface area contributed by atoms with Crippen LogP contribution in [0.15, 0.2) is 47.4 Å². The molecule has 1 aliphatic heterocycles. The molecule has 2 amide bonds. The van der Waals surface area contributed by atoms with E-state index in [-0.39, 0.29) is 16.8 Å². The van der Waals surface area contributed by atoms with Crippen molar-refractivity contribution in [3.8, 4) is 11.5 Å². The zero-order chi connectivity index (χ0) is 24.8. The van der Waals surface area contributed by atoms with Crippen LogP contribution in [0.1, 0.15) is 36.7 Å². The summed E-state index contributed by atoms with van der Waals surface area (Å²) in [6, 6.07) is 11.0. The van der Waals surface area contributed by atoms with Crippen LogP contribution < -0.4 is 9.47 Å². The van der Waals surface area contributed by atoms with E-state index in [2.05, 4.69) is 0 Å².